The highest BCUT2D eigenvalue weighted by molar-refractivity contribution is 8.00. The summed E-state index contributed by atoms with van der Waals surface area (Å²) in [5.74, 6) is 0.236. The van der Waals surface area contributed by atoms with Crippen LogP contribution in [0.2, 0.25) is 0 Å². The summed E-state index contributed by atoms with van der Waals surface area (Å²) in [6.07, 6.45) is 4.19. The van der Waals surface area contributed by atoms with Crippen molar-refractivity contribution in [3.63, 3.8) is 0 Å². The van der Waals surface area contributed by atoms with Crippen LogP contribution in [0.3, 0.4) is 0 Å². The van der Waals surface area contributed by atoms with Gasteiger partial charge in [-0.3, -0.25) is 4.90 Å². The third kappa shape index (κ3) is 3.35. The minimum absolute atomic E-state index is 0.0141. The predicted molar refractivity (Wildman–Crippen MR) is 75.2 cm³/mol. The van der Waals surface area contributed by atoms with Crippen LogP contribution in [0.15, 0.2) is 0 Å². The predicted octanol–water partition coefficient (Wildman–Crippen LogP) is 2.08. The molecule has 5 nitrogen and oxygen atoms in total. The van der Waals surface area contributed by atoms with Gasteiger partial charge in [-0.1, -0.05) is 13.3 Å². The molecule has 6 heteroatoms. The molecule has 108 valence electrons. The van der Waals surface area contributed by atoms with E-state index in [0.29, 0.717) is 11.7 Å². The molecular formula is C13H22N2O3S. The standard InChI is InChI=1S/C13H22N2O3S/c1-3-4-11-15(10(8-19-11)12(16)17)13(18)14(2)7-9-5-6-9/h9-11H,3-8H2,1-2H3,(H,16,17). The Hall–Kier alpha value is -0.910. The Kier molecular flexibility index (Phi) is 4.60. The van der Waals surface area contributed by atoms with Gasteiger partial charge in [0.15, 0.2) is 0 Å². The van der Waals surface area contributed by atoms with Gasteiger partial charge < -0.3 is 10.0 Å². The Morgan fingerprint density at radius 3 is 2.63 bits per heavy atom. The molecule has 0 aromatic carbocycles. The van der Waals surface area contributed by atoms with E-state index in [1.165, 1.54) is 12.8 Å². The molecule has 0 spiro atoms. The number of carboxylic acids is 1. The van der Waals surface area contributed by atoms with Crippen LogP contribution in [0.4, 0.5) is 4.79 Å². The van der Waals surface area contributed by atoms with Crippen molar-refractivity contribution in [2.24, 2.45) is 5.92 Å². The summed E-state index contributed by atoms with van der Waals surface area (Å²) in [7, 11) is 1.78. The van der Waals surface area contributed by atoms with Gasteiger partial charge in [0.25, 0.3) is 0 Å². The second kappa shape index (κ2) is 6.03. The topological polar surface area (TPSA) is 60.9 Å². The monoisotopic (exact) mass is 286 g/mol. The van der Waals surface area contributed by atoms with Crippen LogP contribution in [-0.4, -0.2) is 57.7 Å². The quantitative estimate of drug-likeness (QED) is 0.840. The molecule has 1 aliphatic carbocycles. The largest absolute Gasteiger partial charge is 0.480 e. The van der Waals surface area contributed by atoms with Gasteiger partial charge in [-0.2, -0.15) is 0 Å². The van der Waals surface area contributed by atoms with Gasteiger partial charge >= 0.3 is 12.0 Å². The summed E-state index contributed by atoms with van der Waals surface area (Å²) < 4.78 is 0. The molecule has 1 N–H and O–H groups in total. The number of carbonyl (C=O) groups excluding carboxylic acids is 1. The SMILES string of the molecule is CCCC1SCC(C(=O)O)N1C(=O)N(C)CC1CC1. The highest BCUT2D eigenvalue weighted by atomic mass is 32.2. The van der Waals surface area contributed by atoms with Crippen LogP contribution in [0, 0.1) is 5.92 Å². The summed E-state index contributed by atoms with van der Waals surface area (Å²) in [5, 5.41) is 9.28. The van der Waals surface area contributed by atoms with Crippen LogP contribution < -0.4 is 0 Å². The first-order valence-corrected chi connectivity index (χ1v) is 7.97. The highest BCUT2D eigenvalue weighted by Crippen LogP contribution is 2.34. The van der Waals surface area contributed by atoms with Gasteiger partial charge in [-0.05, 0) is 25.2 Å². The third-order valence-corrected chi connectivity index (χ3v) is 5.05. The third-order valence-electron chi connectivity index (χ3n) is 3.69. The van der Waals surface area contributed by atoms with Crippen molar-refractivity contribution >= 4 is 23.8 Å². The first-order chi connectivity index (χ1) is 9.04. The van der Waals surface area contributed by atoms with Crippen molar-refractivity contribution in [2.45, 2.75) is 44.0 Å². The van der Waals surface area contributed by atoms with Crippen molar-refractivity contribution in [3.8, 4) is 0 Å². The lowest BCUT2D eigenvalue weighted by atomic mass is 10.2. The summed E-state index contributed by atoms with van der Waals surface area (Å²) in [6.45, 7) is 2.82. The molecule has 0 radical (unpaired) electrons. The van der Waals surface area contributed by atoms with Gasteiger partial charge in [-0.25, -0.2) is 9.59 Å². The number of rotatable bonds is 5. The number of carboxylic acid groups (broad SMARTS) is 1. The molecule has 2 atom stereocenters. The van der Waals surface area contributed by atoms with E-state index in [1.807, 2.05) is 0 Å². The van der Waals surface area contributed by atoms with E-state index < -0.39 is 12.0 Å². The molecule has 2 aliphatic rings. The maximum Gasteiger partial charge on any atom is 0.327 e. The number of aliphatic carboxylic acids is 1. The smallest absolute Gasteiger partial charge is 0.327 e. The fourth-order valence-electron chi connectivity index (χ4n) is 2.44. The molecule has 2 fully saturated rings. The molecular weight excluding hydrogens is 264 g/mol. The number of nitrogens with zero attached hydrogens (tertiary/aromatic N) is 2. The van der Waals surface area contributed by atoms with E-state index in [2.05, 4.69) is 6.92 Å². The second-order valence-corrected chi connectivity index (χ2v) is 6.66. The van der Waals surface area contributed by atoms with Crippen LogP contribution in [-0.2, 0) is 4.79 Å². The van der Waals surface area contributed by atoms with Gasteiger partial charge in [-0.15, -0.1) is 11.8 Å². The summed E-state index contributed by atoms with van der Waals surface area (Å²) >= 11 is 1.59. The van der Waals surface area contributed by atoms with E-state index >= 15 is 0 Å². The normalized spacial score (nSPS) is 26.5. The molecule has 0 bridgehead atoms. The highest BCUT2D eigenvalue weighted by Gasteiger charge is 2.42. The van der Waals surface area contributed by atoms with Gasteiger partial charge in [0.2, 0.25) is 0 Å². The maximum absolute atomic E-state index is 12.5. The number of thioether (sulfide) groups is 1. The molecule has 0 aromatic heterocycles. The number of amides is 2. The van der Waals surface area contributed by atoms with Crippen LogP contribution in [0.25, 0.3) is 0 Å². The van der Waals surface area contributed by atoms with Crippen molar-refractivity contribution in [1.29, 1.82) is 0 Å². The molecule has 2 rings (SSSR count). The van der Waals surface area contributed by atoms with Crippen LogP contribution in [0.1, 0.15) is 32.6 Å². The molecule has 1 saturated heterocycles. The zero-order valence-corrected chi connectivity index (χ0v) is 12.4. The van der Waals surface area contributed by atoms with Crippen LogP contribution in [0.5, 0.6) is 0 Å². The van der Waals surface area contributed by atoms with Gasteiger partial charge in [0.1, 0.15) is 6.04 Å². The van der Waals surface area contributed by atoms with E-state index in [4.69, 9.17) is 0 Å². The van der Waals surface area contributed by atoms with Gasteiger partial charge in [0.05, 0.1) is 5.37 Å². The second-order valence-electron chi connectivity index (χ2n) is 5.44. The molecule has 0 aromatic rings. The lowest BCUT2D eigenvalue weighted by Crippen LogP contribution is -2.51. The van der Waals surface area contributed by atoms with Crippen molar-refractivity contribution in [3.05, 3.63) is 0 Å². The van der Waals surface area contributed by atoms with Crippen molar-refractivity contribution in [1.82, 2.24) is 9.80 Å². The maximum atomic E-state index is 12.5. The number of hydrogen-bond acceptors (Lipinski definition) is 3. The zero-order valence-electron chi connectivity index (χ0n) is 11.5. The molecule has 1 saturated carbocycles. The average Bonchev–Trinajstić information content (AvgIpc) is 3.06. The molecule has 1 aliphatic heterocycles. The summed E-state index contributed by atoms with van der Waals surface area (Å²) in [6, 6.07) is -0.793. The Bertz CT molecular complexity index is 360. The Morgan fingerprint density at radius 1 is 1.42 bits per heavy atom. The minimum Gasteiger partial charge on any atom is -0.480 e. The molecule has 2 amide bonds. The Balaban J connectivity index is 2.05. The average molecular weight is 286 g/mol. The Morgan fingerprint density at radius 2 is 2.11 bits per heavy atom. The number of carbonyl (C=O) groups is 2. The first-order valence-electron chi connectivity index (χ1n) is 6.92. The molecule has 2 unspecified atom stereocenters. The molecule has 19 heavy (non-hydrogen) atoms. The van der Waals surface area contributed by atoms with Crippen molar-refractivity contribution < 1.29 is 14.7 Å². The lowest BCUT2D eigenvalue weighted by molar-refractivity contribution is -0.141. The summed E-state index contributed by atoms with van der Waals surface area (Å²) in [5.41, 5.74) is 0. The minimum atomic E-state index is -0.890. The number of urea groups is 1. The lowest BCUT2D eigenvalue weighted by Gasteiger charge is -2.31. The van der Waals surface area contributed by atoms with E-state index in [9.17, 15) is 14.7 Å². The van der Waals surface area contributed by atoms with E-state index in [0.717, 1.165) is 19.4 Å². The fourth-order valence-corrected chi connectivity index (χ4v) is 3.95. The fraction of sp³-hybridized carbons (Fsp3) is 0.846. The van der Waals surface area contributed by atoms with E-state index in [-0.39, 0.29) is 11.4 Å². The number of hydrogen-bond donors (Lipinski definition) is 1. The van der Waals surface area contributed by atoms with Gasteiger partial charge in [0, 0.05) is 19.3 Å². The summed E-state index contributed by atoms with van der Waals surface area (Å²) in [4.78, 5) is 27.1. The zero-order chi connectivity index (χ0) is 14.0. The van der Waals surface area contributed by atoms with Crippen molar-refractivity contribution in [2.75, 3.05) is 19.3 Å². The first kappa shape index (κ1) is 14.5. The Labute approximate surface area is 118 Å². The van der Waals surface area contributed by atoms with Crippen LogP contribution >= 0.6 is 11.8 Å². The van der Waals surface area contributed by atoms with E-state index in [1.54, 1.807) is 28.6 Å². The molecule has 1 heterocycles.